The molecule has 0 aliphatic carbocycles. The highest BCUT2D eigenvalue weighted by Crippen LogP contribution is 2.21. The average molecular weight is 775 g/mol. The zero-order valence-corrected chi connectivity index (χ0v) is 29.4. The van der Waals surface area contributed by atoms with Gasteiger partial charge in [-0.15, -0.1) is 0 Å². The van der Waals surface area contributed by atoms with E-state index in [-0.39, 0.29) is 13.2 Å². The molecule has 0 radical (unpaired) electrons. The Balaban J connectivity index is 1.75. The second kappa shape index (κ2) is 22.7. The van der Waals surface area contributed by atoms with Crippen molar-refractivity contribution in [3.05, 3.63) is 65.8 Å². The molecule has 0 spiro atoms. The number of ether oxygens (including phenoxy) is 2. The number of carbonyl (C=O) groups is 1. The van der Waals surface area contributed by atoms with E-state index in [1.54, 1.807) is 0 Å². The second-order valence-electron chi connectivity index (χ2n) is 11.1. The first-order valence-electron chi connectivity index (χ1n) is 15.9. The van der Waals surface area contributed by atoms with Gasteiger partial charge in [-0.25, -0.2) is 4.79 Å². The number of hydrogen-bond donors (Lipinski definition) is 0. The van der Waals surface area contributed by atoms with E-state index in [0.717, 1.165) is 24.0 Å². The number of aryl methyl sites for hydroxylation is 2. The molecule has 0 saturated carbocycles. The largest absolute Gasteiger partial charge is 0.508 e. The molecule has 2 rings (SSSR count). The molecule has 0 aromatic heterocycles. The zero-order chi connectivity index (χ0) is 28.8. The van der Waals surface area contributed by atoms with Crippen LogP contribution in [-0.4, -0.2) is 6.16 Å². The van der Waals surface area contributed by atoms with Crippen molar-refractivity contribution in [1.29, 1.82) is 0 Å². The fraction of sp³-hybridized carbons (Fsp3) is 0.629. The Kier molecular flexibility index (Phi) is 20.1. The van der Waals surface area contributed by atoms with Gasteiger partial charge in [-0.3, -0.25) is 0 Å². The average Bonchev–Trinajstić information content (AvgIpc) is 2.95. The highest BCUT2D eigenvalue weighted by Gasteiger charge is 2.11. The van der Waals surface area contributed by atoms with Gasteiger partial charge < -0.3 is 9.47 Å². The fourth-order valence-electron chi connectivity index (χ4n) is 5.15. The predicted octanol–water partition coefficient (Wildman–Crippen LogP) is 12.1. The van der Waals surface area contributed by atoms with E-state index in [1.807, 2.05) is 0 Å². The molecule has 224 valence electrons. The van der Waals surface area contributed by atoms with Crippen LogP contribution in [0.15, 0.2) is 36.4 Å². The van der Waals surface area contributed by atoms with Gasteiger partial charge in [0.05, 0.1) is 0 Å². The Morgan fingerprint density at radius 1 is 0.525 bits per heavy atom. The molecule has 0 N–H and O–H groups in total. The minimum atomic E-state index is -0.590. The van der Waals surface area contributed by atoms with Crippen molar-refractivity contribution in [2.24, 2.45) is 0 Å². The Morgan fingerprint density at radius 2 is 0.875 bits per heavy atom. The van der Waals surface area contributed by atoms with Gasteiger partial charge in [0.2, 0.25) is 0 Å². The van der Waals surface area contributed by atoms with Crippen LogP contribution in [0.25, 0.3) is 0 Å². The van der Waals surface area contributed by atoms with Gasteiger partial charge in [0, 0.05) is 7.14 Å². The van der Waals surface area contributed by atoms with Crippen molar-refractivity contribution < 1.29 is 14.3 Å². The van der Waals surface area contributed by atoms with Crippen molar-refractivity contribution in [1.82, 2.24) is 0 Å². The van der Waals surface area contributed by atoms with Crippen LogP contribution in [0.4, 0.5) is 4.79 Å². The highest BCUT2D eigenvalue weighted by molar-refractivity contribution is 14.1. The highest BCUT2D eigenvalue weighted by atomic mass is 127. The Morgan fingerprint density at radius 3 is 1.25 bits per heavy atom. The van der Waals surface area contributed by atoms with Crippen LogP contribution >= 0.6 is 45.2 Å². The molecule has 0 heterocycles. The smallest absolute Gasteiger partial charge is 0.429 e. The van der Waals surface area contributed by atoms with E-state index in [0.29, 0.717) is 0 Å². The third kappa shape index (κ3) is 16.0. The molecule has 3 nitrogen and oxygen atoms in total. The molecule has 0 saturated heterocycles. The maximum atomic E-state index is 12.5. The lowest BCUT2D eigenvalue weighted by molar-refractivity contribution is 0.0443. The molecule has 2 aromatic rings. The summed E-state index contributed by atoms with van der Waals surface area (Å²) in [5, 5.41) is 0. The lowest BCUT2D eigenvalue weighted by Crippen LogP contribution is -2.10. The lowest BCUT2D eigenvalue weighted by Gasteiger charge is -2.13. The van der Waals surface area contributed by atoms with Crippen molar-refractivity contribution in [2.75, 3.05) is 0 Å². The minimum Gasteiger partial charge on any atom is -0.429 e. The number of unbranched alkanes of at least 4 members (excludes halogenated alkanes) is 14. The minimum absolute atomic E-state index is 0.264. The molecule has 0 bridgehead atoms. The topological polar surface area (TPSA) is 35.5 Å². The molecular formula is C35H52I2O3. The standard InChI is InChI=1S/C35H52I2O3/c1-3-5-7-9-11-13-15-17-19-29-25-33(36)23-21-31(29)27-39-35(38)40-28-32-22-24-34(37)26-30(32)20-18-16-14-12-10-8-6-4-2/h21-26H,3-20,27-28H2,1-2H3. The summed E-state index contributed by atoms with van der Waals surface area (Å²) in [5.41, 5.74) is 4.75. The van der Waals surface area contributed by atoms with Crippen LogP contribution in [0, 0.1) is 7.14 Å². The summed E-state index contributed by atoms with van der Waals surface area (Å²) in [6.07, 6.45) is 22.5. The summed E-state index contributed by atoms with van der Waals surface area (Å²) in [6.45, 7) is 5.06. The zero-order valence-electron chi connectivity index (χ0n) is 25.1. The van der Waals surface area contributed by atoms with Crippen molar-refractivity contribution in [2.45, 2.75) is 143 Å². The summed E-state index contributed by atoms with van der Waals surface area (Å²) < 4.78 is 13.6. The van der Waals surface area contributed by atoms with Gasteiger partial charge in [-0.1, -0.05) is 116 Å². The molecule has 0 atom stereocenters. The molecule has 0 aliphatic heterocycles. The van der Waals surface area contributed by atoms with E-state index < -0.39 is 6.16 Å². The monoisotopic (exact) mass is 774 g/mol. The molecular weight excluding hydrogens is 722 g/mol. The third-order valence-corrected chi connectivity index (χ3v) is 8.97. The van der Waals surface area contributed by atoms with Crippen LogP contribution in [-0.2, 0) is 35.5 Å². The van der Waals surface area contributed by atoms with E-state index >= 15 is 0 Å². The summed E-state index contributed by atoms with van der Waals surface area (Å²) in [7, 11) is 0. The van der Waals surface area contributed by atoms with E-state index in [9.17, 15) is 4.79 Å². The normalized spacial score (nSPS) is 11.1. The van der Waals surface area contributed by atoms with Crippen molar-refractivity contribution in [3.8, 4) is 0 Å². The number of carbonyl (C=O) groups excluding carboxylic acids is 1. The Bertz CT molecular complexity index is 884. The molecule has 0 unspecified atom stereocenters. The first-order valence-corrected chi connectivity index (χ1v) is 18.0. The maximum Gasteiger partial charge on any atom is 0.508 e. The number of rotatable bonds is 22. The van der Waals surface area contributed by atoms with Gasteiger partial charge in [0.1, 0.15) is 13.2 Å². The maximum absolute atomic E-state index is 12.5. The van der Waals surface area contributed by atoms with Gasteiger partial charge in [0.25, 0.3) is 0 Å². The first-order chi connectivity index (χ1) is 19.5. The molecule has 0 amide bonds. The van der Waals surface area contributed by atoms with Crippen LogP contribution < -0.4 is 0 Å². The predicted molar refractivity (Wildman–Crippen MR) is 186 cm³/mol. The number of benzene rings is 2. The summed E-state index contributed by atoms with van der Waals surface area (Å²) in [6, 6.07) is 12.8. The van der Waals surface area contributed by atoms with Gasteiger partial charge in [-0.05, 0) is 117 Å². The first kappa shape index (κ1) is 35.4. The SMILES string of the molecule is CCCCCCCCCCc1cc(I)ccc1COC(=O)OCc1ccc(I)cc1CCCCCCCCCC. The van der Waals surface area contributed by atoms with Crippen LogP contribution in [0.3, 0.4) is 0 Å². The van der Waals surface area contributed by atoms with Crippen LogP contribution in [0.5, 0.6) is 0 Å². The molecule has 40 heavy (non-hydrogen) atoms. The molecule has 5 heteroatoms. The van der Waals surface area contributed by atoms with Crippen LogP contribution in [0.1, 0.15) is 139 Å². The fourth-order valence-corrected chi connectivity index (χ4v) is 6.26. The number of hydrogen-bond acceptors (Lipinski definition) is 3. The van der Waals surface area contributed by atoms with E-state index in [4.69, 9.17) is 9.47 Å². The summed E-state index contributed by atoms with van der Waals surface area (Å²) >= 11 is 4.73. The molecule has 0 fully saturated rings. The lowest BCUT2D eigenvalue weighted by atomic mass is 10.0. The summed E-state index contributed by atoms with van der Waals surface area (Å²) in [4.78, 5) is 12.5. The molecule has 0 aliphatic rings. The van der Waals surface area contributed by atoms with E-state index in [1.165, 1.54) is 121 Å². The van der Waals surface area contributed by atoms with Gasteiger partial charge in [0.15, 0.2) is 0 Å². The van der Waals surface area contributed by atoms with Crippen molar-refractivity contribution in [3.63, 3.8) is 0 Å². The van der Waals surface area contributed by atoms with Crippen LogP contribution in [0.2, 0.25) is 0 Å². The van der Waals surface area contributed by atoms with Crippen molar-refractivity contribution >= 4 is 51.3 Å². The Labute approximate surface area is 272 Å². The summed E-state index contributed by atoms with van der Waals surface area (Å²) in [5.74, 6) is 0. The van der Waals surface area contributed by atoms with Gasteiger partial charge >= 0.3 is 6.16 Å². The quantitative estimate of drug-likeness (QED) is 0.0679. The second-order valence-corrected chi connectivity index (χ2v) is 13.6. The van der Waals surface area contributed by atoms with E-state index in [2.05, 4.69) is 95.4 Å². The third-order valence-electron chi connectivity index (χ3n) is 7.63. The number of halogens is 2. The Hall–Kier alpha value is -0.830. The molecule has 2 aromatic carbocycles. The van der Waals surface area contributed by atoms with Gasteiger partial charge in [-0.2, -0.15) is 0 Å².